The number of nitrogens with two attached hydrogens (primary N) is 1. The van der Waals surface area contributed by atoms with E-state index in [1.807, 2.05) is 24.3 Å². The Morgan fingerprint density at radius 3 is 2.24 bits per heavy atom. The van der Waals surface area contributed by atoms with E-state index in [9.17, 15) is 4.79 Å². The maximum absolute atomic E-state index is 12.1. The number of carbonyl (C=O) groups is 1. The Hall–Kier alpha value is -2.37. The number of ether oxygens (including phenoxy) is 2. The average molecular weight is 284 g/mol. The molecule has 0 atom stereocenters. The fourth-order valence-corrected chi connectivity index (χ4v) is 2.11. The molecule has 1 heterocycles. The van der Waals surface area contributed by atoms with E-state index in [0.717, 1.165) is 11.3 Å². The SMILES string of the molecule is Nc1ccc(C(=O)Nc2ccc(C3OCCO3)cc2)cc1. The van der Waals surface area contributed by atoms with Gasteiger partial charge in [-0.2, -0.15) is 0 Å². The molecular weight excluding hydrogens is 268 g/mol. The molecule has 0 aromatic heterocycles. The lowest BCUT2D eigenvalue weighted by Crippen LogP contribution is -2.12. The number of amides is 1. The molecule has 1 amide bonds. The maximum Gasteiger partial charge on any atom is 0.255 e. The van der Waals surface area contributed by atoms with Crippen LogP contribution in [0.5, 0.6) is 0 Å². The molecule has 2 aromatic rings. The summed E-state index contributed by atoms with van der Waals surface area (Å²) in [6.07, 6.45) is -0.299. The first-order chi connectivity index (χ1) is 10.2. The third-order valence-electron chi connectivity index (χ3n) is 3.24. The Labute approximate surface area is 122 Å². The van der Waals surface area contributed by atoms with Crippen LogP contribution in [0.25, 0.3) is 0 Å². The quantitative estimate of drug-likeness (QED) is 0.850. The van der Waals surface area contributed by atoms with Crippen molar-refractivity contribution in [3.8, 4) is 0 Å². The summed E-state index contributed by atoms with van der Waals surface area (Å²) in [5.74, 6) is -0.170. The van der Waals surface area contributed by atoms with Crippen LogP contribution in [0.15, 0.2) is 48.5 Å². The summed E-state index contributed by atoms with van der Waals surface area (Å²) < 4.78 is 10.8. The average Bonchev–Trinajstić information content (AvgIpc) is 3.03. The molecule has 108 valence electrons. The maximum atomic E-state index is 12.1. The van der Waals surface area contributed by atoms with Crippen molar-refractivity contribution in [2.75, 3.05) is 24.3 Å². The van der Waals surface area contributed by atoms with E-state index in [1.165, 1.54) is 0 Å². The van der Waals surface area contributed by atoms with Crippen molar-refractivity contribution in [3.63, 3.8) is 0 Å². The van der Waals surface area contributed by atoms with Crippen LogP contribution >= 0.6 is 0 Å². The molecule has 5 heteroatoms. The van der Waals surface area contributed by atoms with Gasteiger partial charge >= 0.3 is 0 Å². The summed E-state index contributed by atoms with van der Waals surface area (Å²) in [5.41, 5.74) is 8.46. The highest BCUT2D eigenvalue weighted by Crippen LogP contribution is 2.24. The minimum atomic E-state index is -0.299. The van der Waals surface area contributed by atoms with Crippen LogP contribution in [0.4, 0.5) is 11.4 Å². The topological polar surface area (TPSA) is 73.6 Å². The number of benzene rings is 2. The van der Waals surface area contributed by atoms with E-state index in [4.69, 9.17) is 15.2 Å². The van der Waals surface area contributed by atoms with Crippen LogP contribution in [-0.2, 0) is 9.47 Å². The summed E-state index contributed by atoms with van der Waals surface area (Å²) in [6.45, 7) is 1.22. The Bertz CT molecular complexity index is 617. The van der Waals surface area contributed by atoms with Crippen LogP contribution in [-0.4, -0.2) is 19.1 Å². The van der Waals surface area contributed by atoms with Crippen molar-refractivity contribution in [1.29, 1.82) is 0 Å². The van der Waals surface area contributed by atoms with Gasteiger partial charge in [0, 0.05) is 22.5 Å². The molecule has 0 saturated carbocycles. The molecular formula is C16H16N2O3. The van der Waals surface area contributed by atoms with Gasteiger partial charge in [0.1, 0.15) is 0 Å². The van der Waals surface area contributed by atoms with Gasteiger partial charge in [0.15, 0.2) is 6.29 Å². The first-order valence-corrected chi connectivity index (χ1v) is 6.72. The molecule has 0 radical (unpaired) electrons. The molecule has 1 aliphatic heterocycles. The van der Waals surface area contributed by atoms with Gasteiger partial charge in [0.2, 0.25) is 0 Å². The van der Waals surface area contributed by atoms with Gasteiger partial charge in [-0.15, -0.1) is 0 Å². The van der Waals surface area contributed by atoms with Crippen molar-refractivity contribution in [3.05, 3.63) is 59.7 Å². The number of rotatable bonds is 3. The molecule has 21 heavy (non-hydrogen) atoms. The summed E-state index contributed by atoms with van der Waals surface area (Å²) in [7, 11) is 0. The molecule has 0 unspecified atom stereocenters. The largest absolute Gasteiger partial charge is 0.399 e. The normalized spacial score (nSPS) is 15.0. The summed E-state index contributed by atoms with van der Waals surface area (Å²) in [4.78, 5) is 12.1. The monoisotopic (exact) mass is 284 g/mol. The van der Waals surface area contributed by atoms with Crippen molar-refractivity contribution in [2.45, 2.75) is 6.29 Å². The summed E-state index contributed by atoms with van der Waals surface area (Å²) in [6, 6.07) is 14.2. The number of hydrogen-bond donors (Lipinski definition) is 2. The second-order valence-electron chi connectivity index (χ2n) is 4.77. The molecule has 1 aliphatic rings. The van der Waals surface area contributed by atoms with Crippen LogP contribution < -0.4 is 11.1 Å². The van der Waals surface area contributed by atoms with Crippen LogP contribution in [0, 0.1) is 0 Å². The molecule has 1 saturated heterocycles. The second kappa shape index (κ2) is 5.95. The number of carbonyl (C=O) groups excluding carboxylic acids is 1. The Morgan fingerprint density at radius 2 is 1.62 bits per heavy atom. The van der Waals surface area contributed by atoms with Gasteiger partial charge < -0.3 is 20.5 Å². The Kier molecular flexibility index (Phi) is 3.85. The van der Waals surface area contributed by atoms with E-state index in [-0.39, 0.29) is 12.2 Å². The Balaban J connectivity index is 1.67. The van der Waals surface area contributed by atoms with Gasteiger partial charge in [-0.25, -0.2) is 0 Å². The summed E-state index contributed by atoms with van der Waals surface area (Å²) >= 11 is 0. The predicted octanol–water partition coefficient (Wildman–Crippen LogP) is 2.57. The molecule has 0 bridgehead atoms. The van der Waals surface area contributed by atoms with Crippen LogP contribution in [0.1, 0.15) is 22.2 Å². The molecule has 3 N–H and O–H groups in total. The smallest absolute Gasteiger partial charge is 0.255 e. The zero-order chi connectivity index (χ0) is 14.7. The van der Waals surface area contributed by atoms with Gasteiger partial charge in [-0.05, 0) is 36.4 Å². The lowest BCUT2D eigenvalue weighted by Gasteiger charge is -2.10. The van der Waals surface area contributed by atoms with E-state index in [0.29, 0.717) is 24.5 Å². The van der Waals surface area contributed by atoms with Crippen molar-refractivity contribution in [2.24, 2.45) is 0 Å². The fraction of sp³-hybridized carbons (Fsp3) is 0.188. The van der Waals surface area contributed by atoms with E-state index in [2.05, 4.69) is 5.32 Å². The highest BCUT2D eigenvalue weighted by Gasteiger charge is 2.17. The highest BCUT2D eigenvalue weighted by molar-refractivity contribution is 6.04. The van der Waals surface area contributed by atoms with Crippen molar-refractivity contribution in [1.82, 2.24) is 0 Å². The van der Waals surface area contributed by atoms with Crippen LogP contribution in [0.3, 0.4) is 0 Å². The van der Waals surface area contributed by atoms with Crippen molar-refractivity contribution >= 4 is 17.3 Å². The van der Waals surface area contributed by atoms with Gasteiger partial charge in [-0.1, -0.05) is 12.1 Å². The molecule has 0 spiro atoms. The predicted molar refractivity (Wildman–Crippen MR) is 79.9 cm³/mol. The molecule has 3 rings (SSSR count). The third-order valence-corrected chi connectivity index (χ3v) is 3.24. The lowest BCUT2D eigenvalue weighted by atomic mass is 10.1. The van der Waals surface area contributed by atoms with E-state index in [1.54, 1.807) is 24.3 Å². The number of nitrogen functional groups attached to an aromatic ring is 1. The van der Waals surface area contributed by atoms with E-state index < -0.39 is 0 Å². The lowest BCUT2D eigenvalue weighted by molar-refractivity contribution is -0.0441. The Morgan fingerprint density at radius 1 is 1.00 bits per heavy atom. The number of nitrogens with one attached hydrogen (secondary N) is 1. The zero-order valence-electron chi connectivity index (χ0n) is 11.4. The number of hydrogen-bond acceptors (Lipinski definition) is 4. The van der Waals surface area contributed by atoms with Gasteiger partial charge in [-0.3, -0.25) is 4.79 Å². The third kappa shape index (κ3) is 3.21. The second-order valence-corrected chi connectivity index (χ2v) is 4.77. The van der Waals surface area contributed by atoms with Crippen molar-refractivity contribution < 1.29 is 14.3 Å². The fourth-order valence-electron chi connectivity index (χ4n) is 2.11. The van der Waals surface area contributed by atoms with Gasteiger partial charge in [0.25, 0.3) is 5.91 Å². The first kappa shape index (κ1) is 13.6. The minimum absolute atomic E-state index is 0.170. The minimum Gasteiger partial charge on any atom is -0.399 e. The summed E-state index contributed by atoms with van der Waals surface area (Å²) in [5, 5.41) is 2.83. The van der Waals surface area contributed by atoms with E-state index >= 15 is 0 Å². The van der Waals surface area contributed by atoms with Crippen LogP contribution in [0.2, 0.25) is 0 Å². The standard InChI is InChI=1S/C16H16N2O3/c17-13-5-1-11(2-6-13)15(19)18-14-7-3-12(4-8-14)16-20-9-10-21-16/h1-8,16H,9-10,17H2,(H,18,19). The molecule has 5 nitrogen and oxygen atoms in total. The zero-order valence-corrected chi connectivity index (χ0v) is 11.4. The number of anilines is 2. The highest BCUT2D eigenvalue weighted by atomic mass is 16.7. The first-order valence-electron chi connectivity index (χ1n) is 6.72. The molecule has 1 fully saturated rings. The molecule has 2 aromatic carbocycles. The molecule has 0 aliphatic carbocycles. The van der Waals surface area contributed by atoms with Gasteiger partial charge in [0.05, 0.1) is 13.2 Å².